The van der Waals surface area contributed by atoms with Gasteiger partial charge >= 0.3 is 0 Å². The van der Waals surface area contributed by atoms with Gasteiger partial charge in [0.15, 0.2) is 0 Å². The van der Waals surface area contributed by atoms with Crippen molar-refractivity contribution in [2.45, 2.75) is 27.3 Å². The van der Waals surface area contributed by atoms with E-state index in [1.165, 1.54) is 16.0 Å². The molecule has 3 aromatic rings. The third-order valence-electron chi connectivity index (χ3n) is 3.45. The second-order valence-corrected chi connectivity index (χ2v) is 8.35. The number of hydrogen-bond donors (Lipinski definition) is 1. The van der Waals surface area contributed by atoms with E-state index in [0.717, 1.165) is 9.21 Å². The summed E-state index contributed by atoms with van der Waals surface area (Å²) in [7, 11) is 0. The maximum Gasteiger partial charge on any atom is 0.254 e. The monoisotopic (exact) mass is 375 g/mol. The highest BCUT2D eigenvalue weighted by Crippen LogP contribution is 2.26. The Morgan fingerprint density at radius 1 is 1.28 bits per heavy atom. The lowest BCUT2D eigenvalue weighted by Gasteiger charge is -2.18. The van der Waals surface area contributed by atoms with E-state index in [2.05, 4.69) is 20.6 Å². The Hall–Kier alpha value is -2.25. The molecule has 0 spiro atoms. The number of nitrogens with zero attached hydrogens (tertiary/aromatic N) is 4. The molecule has 8 heteroatoms. The van der Waals surface area contributed by atoms with Crippen LogP contribution in [0.5, 0.6) is 0 Å². The van der Waals surface area contributed by atoms with Gasteiger partial charge in [0.1, 0.15) is 17.2 Å². The second kappa shape index (κ2) is 6.93. The molecule has 0 amide bonds. The van der Waals surface area contributed by atoms with Gasteiger partial charge in [0.05, 0.1) is 10.9 Å². The van der Waals surface area contributed by atoms with Gasteiger partial charge in [-0.1, -0.05) is 32.4 Å². The van der Waals surface area contributed by atoms with E-state index in [0.29, 0.717) is 23.8 Å². The first-order valence-electron chi connectivity index (χ1n) is 7.75. The van der Waals surface area contributed by atoms with Crippen molar-refractivity contribution in [3.05, 3.63) is 45.7 Å². The summed E-state index contributed by atoms with van der Waals surface area (Å²) < 4.78 is 2.13. The number of hydrogen-bond acceptors (Lipinski definition) is 6. The standard InChI is InChI=1S/C17H18ClN5OS/c1-17(2,3)16(24)23-15(19-10-11-6-7-14(18)25-11)9-13(22-23)12-5-4-8-20-21-12/h4-9,19H,10H2,1-3H3. The molecule has 0 atom stereocenters. The summed E-state index contributed by atoms with van der Waals surface area (Å²) in [5, 5.41) is 15.7. The molecule has 0 bridgehead atoms. The Morgan fingerprint density at radius 3 is 2.68 bits per heavy atom. The summed E-state index contributed by atoms with van der Waals surface area (Å²) in [5.41, 5.74) is 0.650. The number of rotatable bonds is 4. The number of thiophene rings is 1. The molecular weight excluding hydrogens is 358 g/mol. The zero-order chi connectivity index (χ0) is 18.0. The molecule has 130 valence electrons. The van der Waals surface area contributed by atoms with E-state index < -0.39 is 5.41 Å². The van der Waals surface area contributed by atoms with Gasteiger partial charge in [-0.3, -0.25) is 4.79 Å². The van der Waals surface area contributed by atoms with Gasteiger partial charge in [0.2, 0.25) is 0 Å². The van der Waals surface area contributed by atoms with Crippen LogP contribution in [0.2, 0.25) is 4.34 Å². The number of nitrogens with one attached hydrogen (secondary N) is 1. The number of anilines is 1. The van der Waals surface area contributed by atoms with Crippen molar-refractivity contribution >= 4 is 34.7 Å². The average molecular weight is 376 g/mol. The van der Waals surface area contributed by atoms with Gasteiger partial charge in [-0.2, -0.15) is 14.9 Å². The van der Waals surface area contributed by atoms with Crippen LogP contribution in [0.25, 0.3) is 11.4 Å². The molecule has 3 heterocycles. The van der Waals surface area contributed by atoms with Crippen molar-refractivity contribution in [2.24, 2.45) is 5.41 Å². The Balaban J connectivity index is 1.93. The lowest BCUT2D eigenvalue weighted by Crippen LogP contribution is -2.28. The van der Waals surface area contributed by atoms with Gasteiger partial charge in [0.25, 0.3) is 5.91 Å². The third kappa shape index (κ3) is 4.05. The molecule has 6 nitrogen and oxygen atoms in total. The molecule has 0 saturated carbocycles. The maximum atomic E-state index is 12.8. The molecule has 0 aliphatic carbocycles. The zero-order valence-corrected chi connectivity index (χ0v) is 15.7. The normalized spacial score (nSPS) is 11.5. The van der Waals surface area contributed by atoms with E-state index in [-0.39, 0.29) is 5.91 Å². The molecule has 0 fully saturated rings. The molecule has 3 aromatic heterocycles. The van der Waals surface area contributed by atoms with Crippen LogP contribution in [0.4, 0.5) is 5.82 Å². The van der Waals surface area contributed by atoms with Gasteiger partial charge in [-0.15, -0.1) is 16.4 Å². The zero-order valence-electron chi connectivity index (χ0n) is 14.2. The smallest absolute Gasteiger partial charge is 0.254 e. The summed E-state index contributed by atoms with van der Waals surface area (Å²) >= 11 is 7.47. The summed E-state index contributed by atoms with van der Waals surface area (Å²) in [6, 6.07) is 9.21. The van der Waals surface area contributed by atoms with Crippen molar-refractivity contribution in [3.63, 3.8) is 0 Å². The predicted octanol–water partition coefficient (Wildman–Crippen LogP) is 4.35. The van der Waals surface area contributed by atoms with Gasteiger partial charge in [-0.25, -0.2) is 0 Å². The van der Waals surface area contributed by atoms with E-state index in [1.807, 2.05) is 45.0 Å². The highest BCUT2D eigenvalue weighted by atomic mass is 35.5. The van der Waals surface area contributed by atoms with Crippen LogP contribution in [0.15, 0.2) is 36.5 Å². The Morgan fingerprint density at radius 2 is 2.08 bits per heavy atom. The van der Waals surface area contributed by atoms with Crippen LogP contribution >= 0.6 is 22.9 Å². The predicted molar refractivity (Wildman–Crippen MR) is 100.0 cm³/mol. The fourth-order valence-electron chi connectivity index (χ4n) is 2.17. The van der Waals surface area contributed by atoms with E-state index in [1.54, 1.807) is 12.3 Å². The number of carbonyl (C=O) groups is 1. The molecule has 0 radical (unpaired) electrons. The lowest BCUT2D eigenvalue weighted by molar-refractivity contribution is 0.0752. The second-order valence-electron chi connectivity index (χ2n) is 6.55. The number of halogens is 1. The Kier molecular flexibility index (Phi) is 4.87. The first-order chi connectivity index (χ1) is 11.8. The lowest BCUT2D eigenvalue weighted by atomic mass is 9.96. The van der Waals surface area contributed by atoms with Crippen LogP contribution in [0, 0.1) is 5.41 Å². The summed E-state index contributed by atoms with van der Waals surface area (Å²) in [5.74, 6) is 0.513. The minimum Gasteiger partial charge on any atom is -0.365 e. The summed E-state index contributed by atoms with van der Waals surface area (Å²) in [6.45, 7) is 6.14. The highest BCUT2D eigenvalue weighted by molar-refractivity contribution is 7.16. The van der Waals surface area contributed by atoms with Crippen LogP contribution in [-0.4, -0.2) is 25.9 Å². The fraction of sp³-hybridized carbons (Fsp3) is 0.294. The Bertz CT molecular complexity index is 882. The van der Waals surface area contributed by atoms with Crippen LogP contribution in [0.3, 0.4) is 0 Å². The van der Waals surface area contributed by atoms with E-state index in [9.17, 15) is 4.79 Å². The highest BCUT2D eigenvalue weighted by Gasteiger charge is 2.27. The first kappa shape index (κ1) is 17.6. The van der Waals surface area contributed by atoms with Crippen molar-refractivity contribution < 1.29 is 4.79 Å². The molecule has 0 aliphatic rings. The minimum atomic E-state index is -0.561. The average Bonchev–Trinajstić information content (AvgIpc) is 3.18. The van der Waals surface area contributed by atoms with Crippen molar-refractivity contribution in [2.75, 3.05) is 5.32 Å². The molecule has 3 rings (SSSR count). The van der Waals surface area contributed by atoms with E-state index >= 15 is 0 Å². The molecular formula is C17H18ClN5OS. The van der Waals surface area contributed by atoms with Crippen molar-refractivity contribution in [1.29, 1.82) is 0 Å². The molecule has 0 unspecified atom stereocenters. The topological polar surface area (TPSA) is 72.7 Å². The quantitative estimate of drug-likeness (QED) is 0.733. The van der Waals surface area contributed by atoms with E-state index in [4.69, 9.17) is 11.6 Å². The number of carbonyl (C=O) groups excluding carboxylic acids is 1. The molecule has 0 saturated heterocycles. The minimum absolute atomic E-state index is 0.102. The van der Waals surface area contributed by atoms with Gasteiger partial charge in [0, 0.05) is 22.6 Å². The summed E-state index contributed by atoms with van der Waals surface area (Å²) in [6.07, 6.45) is 1.60. The Labute approximate surface area is 154 Å². The molecule has 0 aliphatic heterocycles. The van der Waals surface area contributed by atoms with Crippen molar-refractivity contribution in [3.8, 4) is 11.4 Å². The van der Waals surface area contributed by atoms with Crippen LogP contribution in [-0.2, 0) is 6.54 Å². The number of aromatic nitrogens is 4. The van der Waals surface area contributed by atoms with Crippen molar-refractivity contribution in [1.82, 2.24) is 20.0 Å². The van der Waals surface area contributed by atoms with Crippen LogP contribution in [0.1, 0.15) is 30.4 Å². The van der Waals surface area contributed by atoms with Crippen LogP contribution < -0.4 is 5.32 Å². The maximum absolute atomic E-state index is 12.8. The SMILES string of the molecule is CC(C)(C)C(=O)n1nc(-c2cccnn2)cc1NCc1ccc(Cl)s1. The van der Waals surface area contributed by atoms with Gasteiger partial charge in [-0.05, 0) is 24.3 Å². The third-order valence-corrected chi connectivity index (χ3v) is 4.68. The fourth-order valence-corrected chi connectivity index (χ4v) is 3.19. The molecule has 0 aromatic carbocycles. The summed E-state index contributed by atoms with van der Waals surface area (Å²) in [4.78, 5) is 13.8. The molecule has 25 heavy (non-hydrogen) atoms. The van der Waals surface area contributed by atoms with Gasteiger partial charge < -0.3 is 5.32 Å². The molecule has 1 N–H and O–H groups in total. The largest absolute Gasteiger partial charge is 0.365 e. The first-order valence-corrected chi connectivity index (χ1v) is 8.95.